The molecule has 0 saturated carbocycles. The molecule has 1 N–H and O–H groups in total. The zero-order valence-corrected chi connectivity index (χ0v) is 13.4. The maximum atomic E-state index is 12.1. The van der Waals surface area contributed by atoms with Gasteiger partial charge in [0.25, 0.3) is 5.91 Å². The summed E-state index contributed by atoms with van der Waals surface area (Å²) in [5.41, 5.74) is 1.10. The zero-order chi connectivity index (χ0) is 15.9. The average molecular weight is 318 g/mol. The average Bonchev–Trinajstić information content (AvgIpc) is 2.52. The minimum atomic E-state index is -0.337. The fourth-order valence-electron chi connectivity index (χ4n) is 2.54. The lowest BCUT2D eigenvalue weighted by Gasteiger charge is -2.29. The van der Waals surface area contributed by atoms with Crippen LogP contribution in [-0.4, -0.2) is 23.9 Å². The van der Waals surface area contributed by atoms with Crippen molar-refractivity contribution < 1.29 is 4.79 Å². The number of hydrogen-bond donors (Lipinski definition) is 1. The van der Waals surface area contributed by atoms with Gasteiger partial charge in [-0.15, -0.1) is 0 Å². The molecule has 1 aromatic rings. The van der Waals surface area contributed by atoms with Gasteiger partial charge < -0.3 is 10.2 Å². The molecular formula is C17H20ClN3O. The molecule has 0 spiro atoms. The minimum absolute atomic E-state index is 0.156. The van der Waals surface area contributed by atoms with E-state index in [2.05, 4.69) is 17.1 Å². The van der Waals surface area contributed by atoms with Gasteiger partial charge in [0.2, 0.25) is 0 Å². The van der Waals surface area contributed by atoms with Crippen LogP contribution < -0.4 is 5.32 Å². The number of carbonyl (C=O) groups excluding carboxylic acids is 1. The van der Waals surface area contributed by atoms with Gasteiger partial charge in [-0.05, 0) is 36.5 Å². The third-order valence-electron chi connectivity index (χ3n) is 3.73. The Hall–Kier alpha value is -1.99. The van der Waals surface area contributed by atoms with E-state index in [-0.39, 0.29) is 11.5 Å². The summed E-state index contributed by atoms with van der Waals surface area (Å²) in [6, 6.07) is 9.25. The first kappa shape index (κ1) is 16.4. The summed E-state index contributed by atoms with van der Waals surface area (Å²) in [7, 11) is 0. The molecule has 1 fully saturated rings. The maximum absolute atomic E-state index is 12.1. The highest BCUT2D eigenvalue weighted by Crippen LogP contribution is 2.16. The van der Waals surface area contributed by atoms with E-state index in [1.54, 1.807) is 18.3 Å². The van der Waals surface area contributed by atoms with E-state index in [1.807, 2.05) is 18.2 Å². The van der Waals surface area contributed by atoms with E-state index in [1.165, 1.54) is 6.42 Å². The largest absolute Gasteiger partial charge is 0.376 e. The fourth-order valence-corrected chi connectivity index (χ4v) is 2.67. The second-order valence-electron chi connectivity index (χ2n) is 5.71. The Kier molecular flexibility index (Phi) is 5.85. The van der Waals surface area contributed by atoms with E-state index < -0.39 is 0 Å². The first-order valence-electron chi connectivity index (χ1n) is 7.47. The quantitative estimate of drug-likeness (QED) is 0.686. The molecule has 1 saturated heterocycles. The minimum Gasteiger partial charge on any atom is -0.376 e. The highest BCUT2D eigenvalue weighted by atomic mass is 35.5. The first-order chi connectivity index (χ1) is 10.6. The number of carbonyl (C=O) groups is 1. The molecule has 2 rings (SSSR count). The van der Waals surface area contributed by atoms with Crippen LogP contribution in [-0.2, 0) is 11.3 Å². The topological polar surface area (TPSA) is 56.1 Å². The molecule has 1 aliphatic heterocycles. The Morgan fingerprint density at radius 1 is 1.50 bits per heavy atom. The van der Waals surface area contributed by atoms with Crippen LogP contribution in [0.5, 0.6) is 0 Å². The van der Waals surface area contributed by atoms with E-state index in [0.29, 0.717) is 17.5 Å². The van der Waals surface area contributed by atoms with E-state index in [0.717, 1.165) is 25.1 Å². The van der Waals surface area contributed by atoms with Crippen molar-refractivity contribution in [3.63, 3.8) is 0 Å². The number of benzene rings is 1. The Morgan fingerprint density at radius 3 is 2.86 bits per heavy atom. The molecule has 1 amide bonds. The highest BCUT2D eigenvalue weighted by molar-refractivity contribution is 6.30. The summed E-state index contributed by atoms with van der Waals surface area (Å²) >= 11 is 5.82. The van der Waals surface area contributed by atoms with E-state index >= 15 is 0 Å². The number of nitrogens with one attached hydrogen (secondary N) is 1. The Bertz CT molecular complexity index is 589. The number of piperidine rings is 1. The molecule has 22 heavy (non-hydrogen) atoms. The van der Waals surface area contributed by atoms with Crippen LogP contribution in [0.25, 0.3) is 0 Å². The standard InChI is InChI=1S/C17H20ClN3O/c1-13-3-2-8-21(11-13)12-15(9-19)17(22)20-10-14-4-6-16(18)7-5-14/h4-7,12-13H,2-3,8,10-11H2,1H3,(H,20,22)/b15-12-. The summed E-state index contributed by atoms with van der Waals surface area (Å²) in [5.74, 6) is 0.262. The normalized spacial score (nSPS) is 18.7. The lowest BCUT2D eigenvalue weighted by molar-refractivity contribution is -0.117. The second-order valence-corrected chi connectivity index (χ2v) is 6.14. The van der Waals surface area contributed by atoms with Crippen molar-refractivity contribution in [3.05, 3.63) is 46.6 Å². The first-order valence-corrected chi connectivity index (χ1v) is 7.85. The van der Waals surface area contributed by atoms with Crippen LogP contribution in [0.2, 0.25) is 5.02 Å². The Balaban J connectivity index is 1.94. The van der Waals surface area contributed by atoms with Gasteiger partial charge in [0.05, 0.1) is 0 Å². The fraction of sp³-hybridized carbons (Fsp3) is 0.412. The van der Waals surface area contributed by atoms with E-state index in [9.17, 15) is 10.1 Å². The molecule has 1 heterocycles. The summed E-state index contributed by atoms with van der Waals surface area (Å²) in [5, 5.41) is 12.6. The lowest BCUT2D eigenvalue weighted by Crippen LogP contribution is -2.32. The van der Waals surface area contributed by atoms with Gasteiger partial charge in [-0.3, -0.25) is 4.79 Å². The van der Waals surface area contributed by atoms with Crippen molar-refractivity contribution in [2.75, 3.05) is 13.1 Å². The van der Waals surface area contributed by atoms with Crippen molar-refractivity contribution in [3.8, 4) is 6.07 Å². The van der Waals surface area contributed by atoms with Gasteiger partial charge in [0, 0.05) is 30.9 Å². The monoisotopic (exact) mass is 317 g/mol. The second kappa shape index (κ2) is 7.86. The lowest BCUT2D eigenvalue weighted by atomic mass is 10.0. The van der Waals surface area contributed by atoms with Crippen molar-refractivity contribution in [2.45, 2.75) is 26.3 Å². The molecule has 1 aromatic carbocycles. The maximum Gasteiger partial charge on any atom is 0.263 e. The smallest absolute Gasteiger partial charge is 0.263 e. The van der Waals surface area contributed by atoms with Gasteiger partial charge in [0.1, 0.15) is 11.6 Å². The van der Waals surface area contributed by atoms with Crippen LogP contribution in [0.1, 0.15) is 25.3 Å². The molecule has 116 valence electrons. The van der Waals surface area contributed by atoms with Gasteiger partial charge in [-0.1, -0.05) is 30.7 Å². The molecule has 0 bridgehead atoms. The number of halogens is 1. The highest BCUT2D eigenvalue weighted by Gasteiger charge is 2.16. The molecular weight excluding hydrogens is 298 g/mol. The zero-order valence-electron chi connectivity index (χ0n) is 12.7. The van der Waals surface area contributed by atoms with Crippen LogP contribution in [0.3, 0.4) is 0 Å². The number of rotatable bonds is 4. The molecule has 1 atom stereocenters. The number of hydrogen-bond acceptors (Lipinski definition) is 3. The van der Waals surface area contributed by atoms with Gasteiger partial charge in [0.15, 0.2) is 0 Å². The third-order valence-corrected chi connectivity index (χ3v) is 3.98. The Morgan fingerprint density at radius 2 is 2.23 bits per heavy atom. The van der Waals surface area contributed by atoms with Crippen LogP contribution in [0.15, 0.2) is 36.0 Å². The number of likely N-dealkylation sites (tertiary alicyclic amines) is 1. The van der Waals surface area contributed by atoms with Gasteiger partial charge >= 0.3 is 0 Å². The van der Waals surface area contributed by atoms with Crippen molar-refractivity contribution >= 4 is 17.5 Å². The third kappa shape index (κ3) is 4.78. The summed E-state index contributed by atoms with van der Waals surface area (Å²) < 4.78 is 0. The van der Waals surface area contributed by atoms with Crippen LogP contribution in [0, 0.1) is 17.2 Å². The molecule has 1 unspecified atom stereocenters. The molecule has 1 aliphatic rings. The number of nitrogens with zero attached hydrogens (tertiary/aromatic N) is 2. The summed E-state index contributed by atoms with van der Waals surface area (Å²) in [6.45, 7) is 4.37. The molecule has 0 radical (unpaired) electrons. The molecule has 4 nitrogen and oxygen atoms in total. The van der Waals surface area contributed by atoms with Gasteiger partial charge in [-0.2, -0.15) is 5.26 Å². The van der Waals surface area contributed by atoms with Crippen LogP contribution in [0.4, 0.5) is 0 Å². The van der Waals surface area contributed by atoms with E-state index in [4.69, 9.17) is 11.6 Å². The number of nitriles is 1. The predicted molar refractivity (Wildman–Crippen MR) is 87.0 cm³/mol. The summed E-state index contributed by atoms with van der Waals surface area (Å²) in [6.07, 6.45) is 3.99. The summed E-state index contributed by atoms with van der Waals surface area (Å²) in [4.78, 5) is 14.2. The number of amides is 1. The predicted octanol–water partition coefficient (Wildman–Crippen LogP) is 3.10. The van der Waals surface area contributed by atoms with Crippen LogP contribution >= 0.6 is 11.6 Å². The van der Waals surface area contributed by atoms with Crippen molar-refractivity contribution in [1.82, 2.24) is 10.2 Å². The van der Waals surface area contributed by atoms with Crippen molar-refractivity contribution in [2.24, 2.45) is 5.92 Å². The molecule has 0 aromatic heterocycles. The van der Waals surface area contributed by atoms with Crippen molar-refractivity contribution in [1.29, 1.82) is 5.26 Å². The molecule has 0 aliphatic carbocycles. The Labute approximate surface area is 136 Å². The van der Waals surface area contributed by atoms with Gasteiger partial charge in [-0.25, -0.2) is 0 Å². The molecule has 5 heteroatoms. The SMILES string of the molecule is CC1CCCN(/C=C(/C#N)C(=O)NCc2ccc(Cl)cc2)C1.